The molecule has 0 spiro atoms. The maximum Gasteiger partial charge on any atom is 0.355 e. The molecule has 1 heterocycles. The number of nitrogens with zero attached hydrogens (tertiary/aromatic N) is 1. The predicted molar refractivity (Wildman–Crippen MR) is 94.3 cm³/mol. The number of methoxy groups -OCH3 is 3. The summed E-state index contributed by atoms with van der Waals surface area (Å²) in [6.07, 6.45) is 5.77. The highest BCUT2D eigenvalue weighted by Crippen LogP contribution is 2.31. The molecule has 27 heavy (non-hydrogen) atoms. The van der Waals surface area contributed by atoms with Crippen molar-refractivity contribution in [2.45, 2.75) is 6.92 Å². The summed E-state index contributed by atoms with van der Waals surface area (Å²) in [4.78, 5) is 38.0. The van der Waals surface area contributed by atoms with E-state index < -0.39 is 23.7 Å². The fraction of sp³-hybridized carbons (Fsp3) is 0.211. The highest BCUT2D eigenvalue weighted by atomic mass is 19.1. The van der Waals surface area contributed by atoms with Crippen LogP contribution in [0, 0.1) is 12.7 Å². The Morgan fingerprint density at radius 1 is 0.926 bits per heavy atom. The van der Waals surface area contributed by atoms with Crippen LogP contribution in [0.5, 0.6) is 0 Å². The molecular formula is C19H18FNO6. The lowest BCUT2D eigenvalue weighted by atomic mass is 10.1. The molecule has 0 saturated heterocycles. The molecule has 1 aromatic carbocycles. The van der Waals surface area contributed by atoms with Crippen molar-refractivity contribution >= 4 is 23.6 Å². The molecule has 0 atom stereocenters. The third-order valence-corrected chi connectivity index (χ3v) is 3.83. The number of ether oxygens (including phenoxy) is 3. The topological polar surface area (TPSA) is 82.1 Å². The average molecular weight is 375 g/mol. The van der Waals surface area contributed by atoms with Crippen molar-refractivity contribution in [2.75, 3.05) is 26.2 Å². The monoisotopic (exact) mass is 375 g/mol. The van der Waals surface area contributed by atoms with E-state index in [0.29, 0.717) is 0 Å². The summed E-state index contributed by atoms with van der Waals surface area (Å²) < 4.78 is 28.5. The van der Waals surface area contributed by atoms with Gasteiger partial charge in [-0.25, -0.2) is 18.8 Å². The van der Waals surface area contributed by atoms with Crippen molar-refractivity contribution in [2.24, 2.45) is 0 Å². The van der Waals surface area contributed by atoms with E-state index in [1.165, 1.54) is 49.4 Å². The van der Waals surface area contributed by atoms with Gasteiger partial charge in [0.25, 0.3) is 0 Å². The van der Waals surface area contributed by atoms with Gasteiger partial charge in [-0.2, -0.15) is 0 Å². The minimum Gasteiger partial charge on any atom is -0.465 e. The SMILES string of the molecule is COC(=O)C1=C(C(=O)OC)N(c2cc(F)c(C)cc2C(=O)OC)C=CC=C1. The van der Waals surface area contributed by atoms with Crippen LogP contribution in [-0.4, -0.2) is 39.2 Å². The largest absolute Gasteiger partial charge is 0.465 e. The number of hydrogen-bond donors (Lipinski definition) is 0. The first-order valence-corrected chi connectivity index (χ1v) is 7.79. The zero-order valence-corrected chi connectivity index (χ0v) is 15.2. The van der Waals surface area contributed by atoms with E-state index in [0.717, 1.165) is 20.3 Å². The van der Waals surface area contributed by atoms with Crippen molar-refractivity contribution in [1.29, 1.82) is 0 Å². The van der Waals surface area contributed by atoms with E-state index in [2.05, 4.69) is 0 Å². The van der Waals surface area contributed by atoms with Crippen LogP contribution in [-0.2, 0) is 23.8 Å². The minimum absolute atomic E-state index is 0.00621. The van der Waals surface area contributed by atoms with Gasteiger partial charge in [0, 0.05) is 6.20 Å². The highest BCUT2D eigenvalue weighted by molar-refractivity contribution is 6.07. The van der Waals surface area contributed by atoms with E-state index in [1.54, 1.807) is 0 Å². The zero-order chi connectivity index (χ0) is 20.1. The van der Waals surface area contributed by atoms with Crippen molar-refractivity contribution in [3.8, 4) is 0 Å². The number of hydrogen-bond acceptors (Lipinski definition) is 7. The standard InChI is InChI=1S/C19H18FNO6/c1-11-9-13(18(23)26-3)15(10-14(11)20)21-8-6-5-7-12(17(22)25-2)16(21)19(24)27-4/h5-10H,1-4H3. The van der Waals surface area contributed by atoms with Crippen LogP contribution in [0.1, 0.15) is 15.9 Å². The number of carbonyl (C=O) groups excluding carboxylic acids is 3. The van der Waals surface area contributed by atoms with Gasteiger partial charge in [0.05, 0.1) is 38.2 Å². The molecule has 0 aromatic heterocycles. The summed E-state index contributed by atoms with van der Waals surface area (Å²) in [5.74, 6) is -3.01. The molecule has 1 aliphatic rings. The molecule has 0 aliphatic carbocycles. The zero-order valence-electron chi connectivity index (χ0n) is 15.2. The first kappa shape index (κ1) is 19.9. The molecule has 0 amide bonds. The van der Waals surface area contributed by atoms with Gasteiger partial charge in [0.2, 0.25) is 0 Å². The van der Waals surface area contributed by atoms with Gasteiger partial charge in [-0.05, 0) is 36.8 Å². The Bertz CT molecular complexity index is 884. The Morgan fingerprint density at radius 3 is 2.15 bits per heavy atom. The van der Waals surface area contributed by atoms with Crippen molar-refractivity contribution in [3.05, 3.63) is 64.8 Å². The van der Waals surface area contributed by atoms with E-state index >= 15 is 0 Å². The predicted octanol–water partition coefficient (Wildman–Crippen LogP) is 2.41. The summed E-state index contributed by atoms with van der Waals surface area (Å²) in [6, 6.07) is 2.38. The third kappa shape index (κ3) is 3.89. The Labute approximate surface area is 155 Å². The second-order valence-electron chi connectivity index (χ2n) is 5.43. The van der Waals surface area contributed by atoms with Gasteiger partial charge in [-0.3, -0.25) is 0 Å². The van der Waals surface area contributed by atoms with Gasteiger partial charge in [0.1, 0.15) is 11.5 Å². The quantitative estimate of drug-likeness (QED) is 0.590. The normalized spacial score (nSPS) is 13.3. The van der Waals surface area contributed by atoms with E-state index in [-0.39, 0.29) is 28.1 Å². The van der Waals surface area contributed by atoms with Crippen molar-refractivity contribution in [1.82, 2.24) is 0 Å². The Balaban J connectivity index is 2.82. The molecular weight excluding hydrogens is 357 g/mol. The van der Waals surface area contributed by atoms with Crippen LogP contribution in [0.4, 0.5) is 10.1 Å². The minimum atomic E-state index is -0.872. The number of benzene rings is 1. The molecule has 7 nitrogen and oxygen atoms in total. The van der Waals surface area contributed by atoms with Crippen LogP contribution in [0.25, 0.3) is 0 Å². The summed E-state index contributed by atoms with van der Waals surface area (Å²) in [6.45, 7) is 1.49. The average Bonchev–Trinajstić information content (AvgIpc) is 2.90. The van der Waals surface area contributed by atoms with E-state index in [1.807, 2.05) is 0 Å². The molecule has 0 fully saturated rings. The smallest absolute Gasteiger partial charge is 0.355 e. The third-order valence-electron chi connectivity index (χ3n) is 3.83. The van der Waals surface area contributed by atoms with Gasteiger partial charge >= 0.3 is 17.9 Å². The van der Waals surface area contributed by atoms with Gasteiger partial charge < -0.3 is 19.1 Å². The van der Waals surface area contributed by atoms with Crippen LogP contribution >= 0.6 is 0 Å². The van der Waals surface area contributed by atoms with Gasteiger partial charge in [-0.15, -0.1) is 0 Å². The molecule has 1 aliphatic heterocycles. The lowest BCUT2D eigenvalue weighted by molar-refractivity contribution is -0.139. The Kier molecular flexibility index (Phi) is 6.12. The Hall–Kier alpha value is -3.42. The van der Waals surface area contributed by atoms with Crippen LogP contribution in [0.15, 0.2) is 47.8 Å². The molecule has 8 heteroatoms. The number of aryl methyl sites for hydroxylation is 1. The van der Waals surface area contributed by atoms with Crippen LogP contribution in [0.2, 0.25) is 0 Å². The lowest BCUT2D eigenvalue weighted by Crippen LogP contribution is -2.28. The second-order valence-corrected chi connectivity index (χ2v) is 5.43. The number of esters is 3. The van der Waals surface area contributed by atoms with E-state index in [9.17, 15) is 18.8 Å². The summed E-state index contributed by atoms with van der Waals surface area (Å²) >= 11 is 0. The number of halogens is 1. The molecule has 0 radical (unpaired) electrons. The molecule has 0 unspecified atom stereocenters. The van der Waals surface area contributed by atoms with Gasteiger partial charge in [0.15, 0.2) is 0 Å². The molecule has 0 bridgehead atoms. The lowest BCUT2D eigenvalue weighted by Gasteiger charge is -2.25. The molecule has 1 aromatic rings. The number of rotatable bonds is 4. The molecule has 2 rings (SSSR count). The summed E-state index contributed by atoms with van der Waals surface area (Å²) in [5, 5.41) is 0. The summed E-state index contributed by atoms with van der Waals surface area (Å²) in [5.41, 5.74) is -0.123. The van der Waals surface area contributed by atoms with Crippen molar-refractivity contribution in [3.63, 3.8) is 0 Å². The van der Waals surface area contributed by atoms with Crippen LogP contribution in [0.3, 0.4) is 0 Å². The Morgan fingerprint density at radius 2 is 1.56 bits per heavy atom. The second kappa shape index (κ2) is 8.31. The van der Waals surface area contributed by atoms with Crippen molar-refractivity contribution < 1.29 is 33.0 Å². The molecule has 142 valence electrons. The van der Waals surface area contributed by atoms with Gasteiger partial charge in [-0.1, -0.05) is 6.08 Å². The molecule has 0 N–H and O–H groups in total. The first-order chi connectivity index (χ1) is 12.8. The fourth-order valence-corrected chi connectivity index (χ4v) is 2.49. The first-order valence-electron chi connectivity index (χ1n) is 7.79. The fourth-order valence-electron chi connectivity index (χ4n) is 2.49. The highest BCUT2D eigenvalue weighted by Gasteiger charge is 2.30. The number of carbonyl (C=O) groups is 3. The maximum atomic E-state index is 14.3. The maximum absolute atomic E-state index is 14.3. The molecule has 0 saturated carbocycles. The number of allylic oxidation sites excluding steroid dienone is 2. The number of anilines is 1. The van der Waals surface area contributed by atoms with Crippen LogP contribution < -0.4 is 4.90 Å². The summed E-state index contributed by atoms with van der Waals surface area (Å²) in [7, 11) is 3.48. The van der Waals surface area contributed by atoms with E-state index in [4.69, 9.17) is 14.2 Å².